The second-order valence-electron chi connectivity index (χ2n) is 8.78. The molecule has 5 rings (SSSR count). The van der Waals surface area contributed by atoms with Crippen molar-refractivity contribution in [1.29, 1.82) is 0 Å². The summed E-state index contributed by atoms with van der Waals surface area (Å²) in [6, 6.07) is 17.5. The Morgan fingerprint density at radius 1 is 1.20 bits per heavy atom. The molecule has 35 heavy (non-hydrogen) atoms. The minimum Gasteiger partial charge on any atom is -0.495 e. The maximum absolute atomic E-state index is 13.5. The number of nitrogens with zero attached hydrogens (tertiary/aromatic N) is 2. The van der Waals surface area contributed by atoms with Gasteiger partial charge in [-0.2, -0.15) is 0 Å². The van der Waals surface area contributed by atoms with Crippen LogP contribution >= 0.6 is 0 Å². The Morgan fingerprint density at radius 2 is 2.14 bits per heavy atom. The topological polar surface area (TPSA) is 76.8 Å². The molecule has 0 saturated carbocycles. The number of rotatable bonds is 7. The summed E-state index contributed by atoms with van der Waals surface area (Å²) in [6.07, 6.45) is 6.10. The molecule has 1 aliphatic rings. The van der Waals surface area contributed by atoms with Crippen LogP contribution in [0.15, 0.2) is 77.7 Å². The van der Waals surface area contributed by atoms with Gasteiger partial charge < -0.3 is 24.1 Å². The minimum absolute atomic E-state index is 0.00546. The summed E-state index contributed by atoms with van der Waals surface area (Å²) in [5, 5.41) is 4.50. The van der Waals surface area contributed by atoms with E-state index in [1.54, 1.807) is 19.6 Å². The third-order valence-corrected chi connectivity index (χ3v) is 6.37. The van der Waals surface area contributed by atoms with E-state index >= 15 is 0 Å². The Morgan fingerprint density at radius 3 is 3.00 bits per heavy atom. The molecule has 2 aromatic heterocycles. The van der Waals surface area contributed by atoms with Crippen LogP contribution in [0.25, 0.3) is 11.0 Å². The average molecular weight is 472 g/mol. The van der Waals surface area contributed by atoms with E-state index in [2.05, 4.69) is 16.4 Å². The van der Waals surface area contributed by atoms with Gasteiger partial charge in [0.1, 0.15) is 11.3 Å². The van der Waals surface area contributed by atoms with Gasteiger partial charge in [0.2, 0.25) is 0 Å². The summed E-state index contributed by atoms with van der Waals surface area (Å²) < 4.78 is 16.9. The number of methoxy groups -OCH3 is 1. The highest BCUT2D eigenvalue weighted by Crippen LogP contribution is 2.28. The van der Waals surface area contributed by atoms with Crippen molar-refractivity contribution in [2.75, 3.05) is 38.7 Å². The van der Waals surface area contributed by atoms with Gasteiger partial charge in [0.25, 0.3) is 5.91 Å². The van der Waals surface area contributed by atoms with Crippen LogP contribution in [-0.2, 0) is 17.7 Å². The van der Waals surface area contributed by atoms with E-state index in [4.69, 9.17) is 13.9 Å². The molecule has 2 aromatic carbocycles. The summed E-state index contributed by atoms with van der Waals surface area (Å²) in [6.45, 7) is 2.94. The fraction of sp³-hybridized carbons (Fsp3) is 0.286. The molecule has 3 heterocycles. The van der Waals surface area contributed by atoms with E-state index in [0.717, 1.165) is 28.6 Å². The van der Waals surface area contributed by atoms with Gasteiger partial charge in [-0.3, -0.25) is 9.78 Å². The van der Waals surface area contributed by atoms with Gasteiger partial charge in [-0.25, -0.2) is 0 Å². The lowest BCUT2D eigenvalue weighted by molar-refractivity contribution is 0.0737. The number of ether oxygens (including phenoxy) is 2. The van der Waals surface area contributed by atoms with Crippen LogP contribution in [0.5, 0.6) is 5.75 Å². The predicted molar refractivity (Wildman–Crippen MR) is 135 cm³/mol. The van der Waals surface area contributed by atoms with Crippen molar-refractivity contribution >= 4 is 22.6 Å². The smallest absolute Gasteiger partial charge is 0.254 e. The third kappa shape index (κ3) is 5.30. The van der Waals surface area contributed by atoms with Gasteiger partial charge in [-0.15, -0.1) is 0 Å². The maximum Gasteiger partial charge on any atom is 0.254 e. The van der Waals surface area contributed by atoms with E-state index in [-0.39, 0.29) is 11.8 Å². The number of hydrogen-bond acceptors (Lipinski definition) is 6. The molecule has 1 aliphatic heterocycles. The zero-order valence-electron chi connectivity index (χ0n) is 19.8. The van der Waals surface area contributed by atoms with Crippen LogP contribution in [0, 0.1) is 5.92 Å². The summed E-state index contributed by atoms with van der Waals surface area (Å²) in [7, 11) is 1.63. The Balaban J connectivity index is 1.31. The van der Waals surface area contributed by atoms with Crippen molar-refractivity contribution in [3.05, 3.63) is 89.9 Å². The Kier molecular flexibility index (Phi) is 6.95. The van der Waals surface area contributed by atoms with E-state index in [1.165, 1.54) is 5.56 Å². The fourth-order valence-corrected chi connectivity index (χ4v) is 4.60. The summed E-state index contributed by atoms with van der Waals surface area (Å²) in [5.74, 6) is 0.883. The Hall–Kier alpha value is -3.84. The van der Waals surface area contributed by atoms with E-state index < -0.39 is 0 Å². The van der Waals surface area contributed by atoms with Gasteiger partial charge >= 0.3 is 0 Å². The number of carbonyl (C=O) groups is 1. The van der Waals surface area contributed by atoms with Crippen LogP contribution in [0.3, 0.4) is 0 Å². The lowest BCUT2D eigenvalue weighted by Gasteiger charge is -2.24. The van der Waals surface area contributed by atoms with Crippen molar-refractivity contribution in [3.63, 3.8) is 0 Å². The molecule has 0 radical (unpaired) electrons. The molecular weight excluding hydrogens is 442 g/mol. The molecule has 7 heteroatoms. The summed E-state index contributed by atoms with van der Waals surface area (Å²) in [4.78, 5) is 19.6. The predicted octanol–water partition coefficient (Wildman–Crippen LogP) is 4.78. The van der Waals surface area contributed by atoms with Crippen molar-refractivity contribution in [2.45, 2.75) is 13.0 Å². The third-order valence-electron chi connectivity index (χ3n) is 6.37. The molecule has 1 N–H and O–H groups in total. The van der Waals surface area contributed by atoms with Gasteiger partial charge in [0, 0.05) is 48.9 Å². The first-order valence-corrected chi connectivity index (χ1v) is 11.8. The zero-order chi connectivity index (χ0) is 24.0. The molecule has 7 nitrogen and oxygen atoms in total. The molecule has 0 spiro atoms. The van der Waals surface area contributed by atoms with Crippen molar-refractivity contribution in [2.24, 2.45) is 5.92 Å². The van der Waals surface area contributed by atoms with Crippen LogP contribution < -0.4 is 10.1 Å². The van der Waals surface area contributed by atoms with E-state index in [9.17, 15) is 4.79 Å². The highest BCUT2D eigenvalue weighted by atomic mass is 16.5. The number of anilines is 1. The number of pyridine rings is 1. The summed E-state index contributed by atoms with van der Waals surface area (Å²) in [5.41, 5.74) is 4.54. The second kappa shape index (κ2) is 10.6. The molecule has 0 unspecified atom stereocenters. The molecule has 1 saturated heterocycles. The minimum atomic E-state index is -0.00546. The van der Waals surface area contributed by atoms with Crippen LogP contribution in [0.2, 0.25) is 0 Å². The van der Waals surface area contributed by atoms with Crippen molar-refractivity contribution in [1.82, 2.24) is 9.88 Å². The highest BCUT2D eigenvalue weighted by Gasteiger charge is 2.25. The van der Waals surface area contributed by atoms with Crippen molar-refractivity contribution in [3.8, 4) is 5.75 Å². The lowest BCUT2D eigenvalue weighted by Crippen LogP contribution is -2.36. The van der Waals surface area contributed by atoms with Crippen LogP contribution in [0.1, 0.15) is 21.5 Å². The first kappa shape index (κ1) is 22.9. The van der Waals surface area contributed by atoms with E-state index in [1.807, 2.05) is 59.6 Å². The first-order chi connectivity index (χ1) is 17.2. The molecule has 180 valence electrons. The molecule has 1 fully saturated rings. The number of aromatic nitrogens is 1. The van der Waals surface area contributed by atoms with E-state index in [0.29, 0.717) is 44.2 Å². The number of furan rings is 1. The number of nitrogens with one attached hydrogen (secondary N) is 1. The monoisotopic (exact) mass is 471 g/mol. The maximum atomic E-state index is 13.5. The fourth-order valence-electron chi connectivity index (χ4n) is 4.60. The number of hydrogen-bond donors (Lipinski definition) is 1. The Bertz CT molecular complexity index is 1290. The van der Waals surface area contributed by atoms with Crippen LogP contribution in [-0.4, -0.2) is 49.2 Å². The normalized spacial score (nSPS) is 16.1. The quantitative estimate of drug-likeness (QED) is 0.418. The molecule has 0 aliphatic carbocycles. The number of fused-ring (bicyclic) bond motifs is 1. The lowest BCUT2D eigenvalue weighted by atomic mass is 9.97. The molecular formula is C28H29N3O4. The number of amides is 1. The second-order valence-corrected chi connectivity index (χ2v) is 8.78. The molecule has 1 amide bonds. The van der Waals surface area contributed by atoms with Gasteiger partial charge in [-0.05, 0) is 53.9 Å². The molecule has 0 bridgehead atoms. The van der Waals surface area contributed by atoms with Gasteiger partial charge in [0.05, 0.1) is 32.3 Å². The average Bonchev–Trinajstić information content (AvgIpc) is 3.27. The number of benzene rings is 2. The van der Waals surface area contributed by atoms with Gasteiger partial charge in [0.15, 0.2) is 0 Å². The standard InChI is InChI=1S/C28H29N3O4/c1-33-27-8-7-23(15-25(27)30-17-20-4-3-10-29-16-20)28(32)31-11-13-34-19-21(18-31)14-22-5-2-6-26-24(22)9-12-35-26/h2-10,12,15-16,21,30H,11,13-14,17-19H2,1H3/t21-/m1/s1. The zero-order valence-corrected chi connectivity index (χ0v) is 19.8. The van der Waals surface area contributed by atoms with Crippen molar-refractivity contribution < 1.29 is 18.7 Å². The number of carbonyl (C=O) groups excluding carboxylic acids is 1. The molecule has 4 aromatic rings. The largest absolute Gasteiger partial charge is 0.495 e. The summed E-state index contributed by atoms with van der Waals surface area (Å²) >= 11 is 0. The highest BCUT2D eigenvalue weighted by molar-refractivity contribution is 5.95. The first-order valence-electron chi connectivity index (χ1n) is 11.8. The Labute approximate surface area is 204 Å². The molecule has 1 atom stereocenters. The van der Waals surface area contributed by atoms with Crippen LogP contribution in [0.4, 0.5) is 5.69 Å². The SMILES string of the molecule is COc1ccc(C(=O)N2CCOC[C@H](Cc3cccc4occc34)C2)cc1NCc1cccnc1. The van der Waals surface area contributed by atoms with Gasteiger partial charge in [-0.1, -0.05) is 18.2 Å².